The van der Waals surface area contributed by atoms with Gasteiger partial charge in [-0.05, 0) is 18.4 Å². The maximum absolute atomic E-state index is 10.3. The fraction of sp³-hybridized carbons (Fsp3) is 0.500. The summed E-state index contributed by atoms with van der Waals surface area (Å²) in [6.45, 7) is 4.05. The minimum atomic E-state index is -0.923. The van der Waals surface area contributed by atoms with E-state index in [-0.39, 0.29) is 6.54 Å². The van der Waals surface area contributed by atoms with E-state index in [0.717, 1.165) is 12.1 Å². The Morgan fingerprint density at radius 2 is 2.33 bits per heavy atom. The Labute approximate surface area is 88.6 Å². The number of carboxylic acid groups (broad SMARTS) is 1. The second kappa shape index (κ2) is 5.29. The van der Waals surface area contributed by atoms with Gasteiger partial charge in [0.15, 0.2) is 0 Å². The lowest BCUT2D eigenvalue weighted by molar-refractivity contribution is -0.134. The Morgan fingerprint density at radius 3 is 2.93 bits per heavy atom. The minimum absolute atomic E-state index is 0.162. The second-order valence-electron chi connectivity index (χ2n) is 3.72. The van der Waals surface area contributed by atoms with Gasteiger partial charge in [0.05, 0.1) is 0 Å². The lowest BCUT2D eigenvalue weighted by atomic mass is 10.1. The van der Waals surface area contributed by atoms with Gasteiger partial charge in [0.1, 0.15) is 6.54 Å². The van der Waals surface area contributed by atoms with Gasteiger partial charge in [-0.3, -0.25) is 4.79 Å². The molecule has 0 aromatic carbocycles. The third-order valence-electron chi connectivity index (χ3n) is 1.73. The average Bonchev–Trinajstić information content (AvgIpc) is 2.14. The molecular weight excluding hydrogens is 194 g/mol. The van der Waals surface area contributed by atoms with E-state index in [2.05, 4.69) is 29.1 Å². The summed E-state index contributed by atoms with van der Waals surface area (Å²) in [6, 6.07) is 1.84. The fourth-order valence-corrected chi connectivity index (χ4v) is 1.17. The number of hydrogen-bond acceptors (Lipinski definition) is 4. The molecule has 0 aliphatic heterocycles. The van der Waals surface area contributed by atoms with Crippen molar-refractivity contribution in [1.29, 1.82) is 0 Å². The summed E-state index contributed by atoms with van der Waals surface area (Å²) >= 11 is 0. The molecule has 0 radical (unpaired) electrons. The number of nitrogens with one attached hydrogen (secondary N) is 1. The zero-order valence-electron chi connectivity index (χ0n) is 8.90. The van der Waals surface area contributed by atoms with E-state index in [4.69, 9.17) is 5.11 Å². The molecule has 0 fully saturated rings. The molecule has 0 spiro atoms. The van der Waals surface area contributed by atoms with Crippen LogP contribution in [-0.4, -0.2) is 27.6 Å². The zero-order valence-corrected chi connectivity index (χ0v) is 8.90. The van der Waals surface area contributed by atoms with Gasteiger partial charge in [-0.25, -0.2) is 9.97 Å². The maximum atomic E-state index is 10.3. The number of aliphatic carboxylic acids is 1. The van der Waals surface area contributed by atoms with Gasteiger partial charge < -0.3 is 10.4 Å². The van der Waals surface area contributed by atoms with Gasteiger partial charge in [-0.15, -0.1) is 0 Å². The summed E-state index contributed by atoms with van der Waals surface area (Å²) < 4.78 is 0. The molecule has 0 bridgehead atoms. The lowest BCUT2D eigenvalue weighted by Gasteiger charge is -2.06. The van der Waals surface area contributed by atoms with Crippen molar-refractivity contribution in [3.05, 3.63) is 18.0 Å². The number of carbonyl (C=O) groups is 1. The van der Waals surface area contributed by atoms with Gasteiger partial charge in [0.2, 0.25) is 5.95 Å². The van der Waals surface area contributed by atoms with Crippen LogP contribution in [0, 0.1) is 5.92 Å². The van der Waals surface area contributed by atoms with Gasteiger partial charge in [-0.2, -0.15) is 0 Å². The number of nitrogens with zero attached hydrogens (tertiary/aromatic N) is 2. The molecule has 1 heterocycles. The van der Waals surface area contributed by atoms with Gasteiger partial charge in [0, 0.05) is 11.9 Å². The van der Waals surface area contributed by atoms with Crippen LogP contribution in [0.15, 0.2) is 12.3 Å². The second-order valence-corrected chi connectivity index (χ2v) is 3.72. The third-order valence-corrected chi connectivity index (χ3v) is 1.73. The largest absolute Gasteiger partial charge is 0.480 e. The van der Waals surface area contributed by atoms with Crippen LogP contribution < -0.4 is 5.32 Å². The normalized spacial score (nSPS) is 10.3. The Morgan fingerprint density at radius 1 is 1.60 bits per heavy atom. The highest BCUT2D eigenvalue weighted by Gasteiger charge is 2.03. The van der Waals surface area contributed by atoms with Crippen molar-refractivity contribution < 1.29 is 9.90 Å². The summed E-state index contributed by atoms with van der Waals surface area (Å²) in [5.74, 6) is -0.0318. The molecule has 15 heavy (non-hydrogen) atoms. The summed E-state index contributed by atoms with van der Waals surface area (Å²) in [5.41, 5.74) is 0.924. The van der Waals surface area contributed by atoms with E-state index >= 15 is 0 Å². The van der Waals surface area contributed by atoms with Gasteiger partial charge in [-0.1, -0.05) is 13.8 Å². The quantitative estimate of drug-likeness (QED) is 0.761. The number of aromatic nitrogens is 2. The number of hydrogen-bond donors (Lipinski definition) is 2. The first kappa shape index (κ1) is 11.4. The lowest BCUT2D eigenvalue weighted by Crippen LogP contribution is -2.14. The highest BCUT2D eigenvalue weighted by atomic mass is 16.4. The van der Waals surface area contributed by atoms with E-state index in [0.29, 0.717) is 11.9 Å². The Balaban J connectivity index is 2.61. The average molecular weight is 209 g/mol. The standard InChI is InChI=1S/C10H15N3O2/c1-7(2)5-8-3-4-11-10(13-8)12-6-9(14)15/h3-4,7H,5-6H2,1-2H3,(H,14,15)(H,11,12,13). The highest BCUT2D eigenvalue weighted by Crippen LogP contribution is 2.06. The van der Waals surface area contributed by atoms with Crippen molar-refractivity contribution in [2.75, 3.05) is 11.9 Å². The smallest absolute Gasteiger partial charge is 0.322 e. The predicted octanol–water partition coefficient (Wildman–Crippen LogP) is 1.17. The van der Waals surface area contributed by atoms with Crippen LogP contribution in [0.25, 0.3) is 0 Å². The Bertz CT molecular complexity index is 339. The summed E-state index contributed by atoms with van der Waals surface area (Å²) in [6.07, 6.45) is 2.50. The van der Waals surface area contributed by atoms with E-state index in [9.17, 15) is 4.79 Å². The summed E-state index contributed by atoms with van der Waals surface area (Å²) in [4.78, 5) is 18.4. The molecular formula is C10H15N3O2. The van der Waals surface area contributed by atoms with Gasteiger partial charge in [0.25, 0.3) is 0 Å². The first-order valence-corrected chi connectivity index (χ1v) is 4.85. The van der Waals surface area contributed by atoms with Crippen molar-refractivity contribution in [3.63, 3.8) is 0 Å². The molecule has 0 amide bonds. The van der Waals surface area contributed by atoms with Crippen molar-refractivity contribution in [1.82, 2.24) is 9.97 Å². The molecule has 1 aromatic heterocycles. The number of anilines is 1. The van der Waals surface area contributed by atoms with E-state index < -0.39 is 5.97 Å². The molecule has 1 rings (SSSR count). The van der Waals surface area contributed by atoms with Crippen LogP contribution in [0.4, 0.5) is 5.95 Å². The van der Waals surface area contributed by atoms with E-state index in [1.54, 1.807) is 6.20 Å². The van der Waals surface area contributed by atoms with Crippen LogP contribution in [-0.2, 0) is 11.2 Å². The highest BCUT2D eigenvalue weighted by molar-refractivity contribution is 5.71. The number of rotatable bonds is 5. The molecule has 82 valence electrons. The van der Waals surface area contributed by atoms with Crippen LogP contribution in [0.3, 0.4) is 0 Å². The molecule has 5 heteroatoms. The molecule has 0 aliphatic carbocycles. The molecule has 2 N–H and O–H groups in total. The molecule has 1 aromatic rings. The first-order valence-electron chi connectivity index (χ1n) is 4.85. The van der Waals surface area contributed by atoms with Crippen molar-refractivity contribution in [2.24, 2.45) is 5.92 Å². The van der Waals surface area contributed by atoms with Crippen molar-refractivity contribution in [3.8, 4) is 0 Å². The molecule has 0 unspecified atom stereocenters. The summed E-state index contributed by atoms with van der Waals surface area (Å²) in [5, 5.41) is 11.1. The molecule has 0 saturated heterocycles. The van der Waals surface area contributed by atoms with Crippen LogP contribution in [0.2, 0.25) is 0 Å². The number of carboxylic acids is 1. The molecule has 0 atom stereocenters. The van der Waals surface area contributed by atoms with E-state index in [1.807, 2.05) is 6.07 Å². The maximum Gasteiger partial charge on any atom is 0.322 e. The van der Waals surface area contributed by atoms with Crippen LogP contribution >= 0.6 is 0 Å². The van der Waals surface area contributed by atoms with Crippen LogP contribution in [0.5, 0.6) is 0 Å². The van der Waals surface area contributed by atoms with E-state index in [1.165, 1.54) is 0 Å². The Kier molecular flexibility index (Phi) is 4.03. The SMILES string of the molecule is CC(C)Cc1ccnc(NCC(=O)O)n1. The van der Waals surface area contributed by atoms with Crippen LogP contribution in [0.1, 0.15) is 19.5 Å². The Hall–Kier alpha value is -1.65. The zero-order chi connectivity index (χ0) is 11.3. The molecule has 0 aliphatic rings. The molecule has 5 nitrogen and oxygen atoms in total. The topological polar surface area (TPSA) is 75.1 Å². The predicted molar refractivity (Wildman–Crippen MR) is 56.7 cm³/mol. The van der Waals surface area contributed by atoms with Crippen molar-refractivity contribution in [2.45, 2.75) is 20.3 Å². The van der Waals surface area contributed by atoms with Gasteiger partial charge >= 0.3 is 5.97 Å². The third kappa shape index (κ3) is 4.39. The monoisotopic (exact) mass is 209 g/mol. The van der Waals surface area contributed by atoms with Crippen molar-refractivity contribution >= 4 is 11.9 Å². The minimum Gasteiger partial charge on any atom is -0.480 e. The fourth-order valence-electron chi connectivity index (χ4n) is 1.17. The summed E-state index contributed by atoms with van der Waals surface area (Å²) in [7, 11) is 0. The molecule has 0 saturated carbocycles. The first-order chi connectivity index (χ1) is 7.08.